The predicted octanol–water partition coefficient (Wildman–Crippen LogP) is 2.90. The molecule has 0 unspecified atom stereocenters. The lowest BCUT2D eigenvalue weighted by Gasteiger charge is -2.20. The molecule has 1 heterocycles. The first kappa shape index (κ1) is 17.5. The molecule has 3 rings (SSSR count). The molecule has 132 valence electrons. The Kier molecular flexibility index (Phi) is 4.33. The molecule has 25 heavy (non-hydrogen) atoms. The summed E-state index contributed by atoms with van der Waals surface area (Å²) in [4.78, 5) is 14.4. The van der Waals surface area contributed by atoms with Gasteiger partial charge >= 0.3 is 0 Å². The van der Waals surface area contributed by atoms with Crippen molar-refractivity contribution in [1.82, 2.24) is 0 Å². The van der Waals surface area contributed by atoms with Gasteiger partial charge in [-0.1, -0.05) is 12.1 Å². The third kappa shape index (κ3) is 3.26. The van der Waals surface area contributed by atoms with Gasteiger partial charge in [0.15, 0.2) is 0 Å². The maximum Gasteiger partial charge on any atom is 0.258 e. The highest BCUT2D eigenvalue weighted by molar-refractivity contribution is 7.92. The SMILES string of the molecule is Cc1ccc(N(C)C(=O)c2ccc3c(c2)N(S(C)(=O)=O)CC3)cc1C. The number of anilines is 2. The van der Waals surface area contributed by atoms with Gasteiger partial charge in [-0.25, -0.2) is 8.42 Å². The van der Waals surface area contributed by atoms with Crippen molar-refractivity contribution in [1.29, 1.82) is 0 Å². The summed E-state index contributed by atoms with van der Waals surface area (Å²) in [7, 11) is -1.60. The van der Waals surface area contributed by atoms with Gasteiger partial charge in [0.25, 0.3) is 5.91 Å². The molecule has 6 heteroatoms. The van der Waals surface area contributed by atoms with E-state index in [-0.39, 0.29) is 5.91 Å². The monoisotopic (exact) mass is 358 g/mol. The fourth-order valence-corrected chi connectivity index (χ4v) is 4.02. The number of carbonyl (C=O) groups is 1. The second-order valence-corrected chi connectivity index (χ2v) is 8.47. The number of benzene rings is 2. The van der Waals surface area contributed by atoms with Gasteiger partial charge in [0.05, 0.1) is 11.9 Å². The predicted molar refractivity (Wildman–Crippen MR) is 101 cm³/mol. The second-order valence-electron chi connectivity index (χ2n) is 6.56. The molecule has 0 saturated carbocycles. The molecule has 0 bridgehead atoms. The van der Waals surface area contributed by atoms with E-state index in [1.807, 2.05) is 38.1 Å². The van der Waals surface area contributed by atoms with Gasteiger partial charge in [-0.05, 0) is 61.2 Å². The zero-order valence-electron chi connectivity index (χ0n) is 14.9. The van der Waals surface area contributed by atoms with E-state index < -0.39 is 10.0 Å². The van der Waals surface area contributed by atoms with Crippen molar-refractivity contribution in [2.45, 2.75) is 20.3 Å². The quantitative estimate of drug-likeness (QED) is 0.848. The smallest absolute Gasteiger partial charge is 0.258 e. The standard InChI is InChI=1S/C19H22N2O3S/c1-13-5-8-17(11-14(13)2)20(3)19(22)16-7-6-15-9-10-21(18(15)12-16)25(4,23)24/h5-8,11-12H,9-10H2,1-4H3. The van der Waals surface area contributed by atoms with Gasteiger partial charge in [0.2, 0.25) is 10.0 Å². The lowest BCUT2D eigenvalue weighted by molar-refractivity contribution is 0.0993. The van der Waals surface area contributed by atoms with E-state index in [0.29, 0.717) is 24.2 Å². The molecule has 2 aromatic carbocycles. The number of hydrogen-bond acceptors (Lipinski definition) is 3. The Morgan fingerprint density at radius 3 is 2.44 bits per heavy atom. The van der Waals surface area contributed by atoms with E-state index in [4.69, 9.17) is 0 Å². The van der Waals surface area contributed by atoms with Crippen LogP contribution in [0.25, 0.3) is 0 Å². The van der Waals surface area contributed by atoms with E-state index in [1.54, 1.807) is 24.1 Å². The summed E-state index contributed by atoms with van der Waals surface area (Å²) >= 11 is 0. The number of sulfonamides is 1. The van der Waals surface area contributed by atoms with E-state index in [1.165, 1.54) is 16.1 Å². The number of aryl methyl sites for hydroxylation is 2. The van der Waals surface area contributed by atoms with Crippen molar-refractivity contribution in [3.63, 3.8) is 0 Å². The van der Waals surface area contributed by atoms with Gasteiger partial charge in [0, 0.05) is 24.8 Å². The topological polar surface area (TPSA) is 57.7 Å². The fourth-order valence-electron chi connectivity index (χ4n) is 3.07. The van der Waals surface area contributed by atoms with E-state index in [9.17, 15) is 13.2 Å². The van der Waals surface area contributed by atoms with Gasteiger partial charge in [-0.15, -0.1) is 0 Å². The van der Waals surface area contributed by atoms with Crippen LogP contribution >= 0.6 is 0 Å². The highest BCUT2D eigenvalue weighted by Gasteiger charge is 2.27. The summed E-state index contributed by atoms with van der Waals surface area (Å²) in [6, 6.07) is 11.2. The molecule has 0 atom stereocenters. The van der Waals surface area contributed by atoms with Gasteiger partial charge in [-0.3, -0.25) is 9.10 Å². The maximum absolute atomic E-state index is 12.9. The number of amides is 1. The van der Waals surface area contributed by atoms with Crippen molar-refractivity contribution in [3.8, 4) is 0 Å². The Labute approximate surface area is 148 Å². The minimum Gasteiger partial charge on any atom is -0.311 e. The molecule has 0 saturated heterocycles. The first-order valence-corrected chi connectivity index (χ1v) is 9.99. The summed E-state index contributed by atoms with van der Waals surface area (Å²) in [6.45, 7) is 4.47. The number of fused-ring (bicyclic) bond motifs is 1. The van der Waals surface area contributed by atoms with E-state index >= 15 is 0 Å². The maximum atomic E-state index is 12.9. The summed E-state index contributed by atoms with van der Waals surface area (Å²) < 4.78 is 25.2. The molecule has 1 aliphatic rings. The Morgan fingerprint density at radius 2 is 1.80 bits per heavy atom. The first-order valence-electron chi connectivity index (χ1n) is 8.14. The van der Waals surface area contributed by atoms with Crippen molar-refractivity contribution < 1.29 is 13.2 Å². The van der Waals surface area contributed by atoms with Crippen LogP contribution in [0.3, 0.4) is 0 Å². The summed E-state index contributed by atoms with van der Waals surface area (Å²) in [5.74, 6) is -0.161. The van der Waals surface area contributed by atoms with Crippen LogP contribution in [-0.4, -0.2) is 34.2 Å². The third-order valence-electron chi connectivity index (χ3n) is 4.77. The summed E-state index contributed by atoms with van der Waals surface area (Å²) in [6.07, 6.45) is 1.86. The highest BCUT2D eigenvalue weighted by Crippen LogP contribution is 2.31. The van der Waals surface area contributed by atoms with E-state index in [2.05, 4.69) is 0 Å². The zero-order chi connectivity index (χ0) is 18.4. The molecule has 0 aliphatic carbocycles. The molecule has 0 fully saturated rings. The molecule has 0 N–H and O–H groups in total. The van der Waals surface area contributed by atoms with Crippen molar-refractivity contribution >= 4 is 27.3 Å². The number of carbonyl (C=O) groups excluding carboxylic acids is 1. The van der Waals surface area contributed by atoms with Crippen LogP contribution in [0.2, 0.25) is 0 Å². The molecule has 1 aliphatic heterocycles. The molecule has 5 nitrogen and oxygen atoms in total. The van der Waals surface area contributed by atoms with Crippen LogP contribution < -0.4 is 9.21 Å². The van der Waals surface area contributed by atoms with Crippen molar-refractivity contribution in [2.75, 3.05) is 29.1 Å². The van der Waals surface area contributed by atoms with E-state index in [0.717, 1.165) is 16.8 Å². The first-order chi connectivity index (χ1) is 11.7. The van der Waals surface area contributed by atoms with Gasteiger partial charge in [0.1, 0.15) is 0 Å². The lowest BCUT2D eigenvalue weighted by atomic mass is 10.1. The van der Waals surface area contributed by atoms with Crippen molar-refractivity contribution in [2.24, 2.45) is 0 Å². The Balaban J connectivity index is 1.94. The molecule has 2 aromatic rings. The summed E-state index contributed by atoms with van der Waals surface area (Å²) in [5.41, 5.74) is 5.15. The second kappa shape index (κ2) is 6.19. The number of hydrogen-bond donors (Lipinski definition) is 0. The Bertz CT molecular complexity index is 951. The van der Waals surface area contributed by atoms with Crippen molar-refractivity contribution in [3.05, 3.63) is 58.7 Å². The Morgan fingerprint density at radius 1 is 1.08 bits per heavy atom. The molecule has 0 spiro atoms. The molecule has 0 aromatic heterocycles. The highest BCUT2D eigenvalue weighted by atomic mass is 32.2. The molecular formula is C19H22N2O3S. The zero-order valence-corrected chi connectivity index (χ0v) is 15.7. The van der Waals surface area contributed by atoms with Crippen LogP contribution in [0.4, 0.5) is 11.4 Å². The van der Waals surface area contributed by atoms with Crippen LogP contribution in [0.15, 0.2) is 36.4 Å². The molecule has 1 amide bonds. The van der Waals surface area contributed by atoms with Gasteiger partial charge in [-0.2, -0.15) is 0 Å². The minimum atomic E-state index is -3.33. The third-order valence-corrected chi connectivity index (χ3v) is 5.95. The minimum absolute atomic E-state index is 0.161. The van der Waals surface area contributed by atoms with Crippen LogP contribution in [-0.2, 0) is 16.4 Å². The average Bonchev–Trinajstić information content (AvgIpc) is 2.99. The molecular weight excluding hydrogens is 336 g/mol. The molecule has 0 radical (unpaired) electrons. The largest absolute Gasteiger partial charge is 0.311 e. The fraction of sp³-hybridized carbons (Fsp3) is 0.316. The van der Waals surface area contributed by atoms with Gasteiger partial charge < -0.3 is 4.90 Å². The normalized spacial score (nSPS) is 13.7. The van der Waals surface area contributed by atoms with Crippen LogP contribution in [0.1, 0.15) is 27.0 Å². The number of nitrogens with zero attached hydrogens (tertiary/aromatic N) is 2. The lowest BCUT2D eigenvalue weighted by Crippen LogP contribution is -2.29. The number of rotatable bonds is 3. The Hall–Kier alpha value is -2.34. The van der Waals surface area contributed by atoms with Crippen LogP contribution in [0, 0.1) is 13.8 Å². The van der Waals surface area contributed by atoms with Crippen LogP contribution in [0.5, 0.6) is 0 Å². The summed E-state index contributed by atoms with van der Waals surface area (Å²) in [5, 5.41) is 0. The average molecular weight is 358 g/mol.